The summed E-state index contributed by atoms with van der Waals surface area (Å²) in [5.74, 6) is -0.338. The van der Waals surface area contributed by atoms with E-state index in [0.29, 0.717) is 5.75 Å². The van der Waals surface area contributed by atoms with E-state index in [-0.39, 0.29) is 6.42 Å². The van der Waals surface area contributed by atoms with Gasteiger partial charge in [-0.05, 0) is 0 Å². The smallest absolute Gasteiger partial charge is 0.343 e. The third kappa shape index (κ3) is 6.02. The van der Waals surface area contributed by atoms with Crippen molar-refractivity contribution in [2.45, 2.75) is 6.42 Å². The fourth-order valence-electron chi connectivity index (χ4n) is 0.263. The molecule has 0 saturated heterocycles. The van der Waals surface area contributed by atoms with Crippen LogP contribution in [0.5, 0.6) is 0 Å². The number of rotatable bonds is 4. The Labute approximate surface area is 64.9 Å². The molecule has 0 aliphatic heterocycles. The minimum absolute atomic E-state index is 0.0491. The first kappa shape index (κ1) is 9.89. The topological polar surface area (TPSA) is 89.6 Å². The Hall–Kier alpha value is -0.110. The van der Waals surface area contributed by atoms with E-state index < -0.39 is 17.3 Å². The van der Waals surface area contributed by atoms with E-state index in [9.17, 15) is 9.00 Å². The Kier molecular flexibility index (Phi) is 5.60. The molecule has 0 rings (SSSR count). The zero-order chi connectivity index (χ0) is 7.98. The predicted molar refractivity (Wildman–Crippen MR) is 38.1 cm³/mol. The van der Waals surface area contributed by atoms with Gasteiger partial charge in [-0.1, -0.05) is 11.9 Å². The Morgan fingerprint density at radius 2 is 2.40 bits per heavy atom. The minimum atomic E-state index is -2.50. The maximum absolute atomic E-state index is 10.4. The molecular weight excluding hydrogens is 178 g/mol. The molecule has 10 heavy (non-hydrogen) atoms. The molecule has 5 nitrogen and oxygen atoms in total. The Morgan fingerprint density at radius 1 is 1.80 bits per heavy atom. The van der Waals surface area contributed by atoms with E-state index in [4.69, 9.17) is 9.69 Å². The van der Waals surface area contributed by atoms with Gasteiger partial charge in [-0.3, -0.25) is 14.5 Å². The van der Waals surface area contributed by atoms with Crippen LogP contribution in [0.25, 0.3) is 0 Å². The lowest BCUT2D eigenvalue weighted by Crippen LogP contribution is -2.07. The monoisotopic (exact) mass is 185 g/mol. The molecule has 0 saturated carbocycles. The molecule has 0 aromatic heterocycles. The average Bonchev–Trinajstić information content (AvgIpc) is 1.82. The molecule has 0 fully saturated rings. The molecule has 0 aromatic carbocycles. The Bertz CT molecular complexity index is 138. The van der Waals surface area contributed by atoms with Crippen molar-refractivity contribution in [2.24, 2.45) is 5.14 Å². The van der Waals surface area contributed by atoms with Crippen molar-refractivity contribution < 1.29 is 17.7 Å². The SMILES string of the molecule is NSCCC(=O)OS(=O)O. The third-order valence-electron chi connectivity index (χ3n) is 0.588. The van der Waals surface area contributed by atoms with Crippen LogP contribution in [0.3, 0.4) is 0 Å². The summed E-state index contributed by atoms with van der Waals surface area (Å²) in [7, 11) is 0. The second kappa shape index (κ2) is 5.66. The lowest BCUT2D eigenvalue weighted by molar-refractivity contribution is -0.133. The quantitative estimate of drug-likeness (QED) is 0.460. The predicted octanol–water partition coefficient (Wildman–Crippen LogP) is -0.337. The first-order valence-electron chi connectivity index (χ1n) is 2.30. The molecule has 0 bridgehead atoms. The van der Waals surface area contributed by atoms with Gasteiger partial charge in [0.1, 0.15) is 0 Å². The highest BCUT2D eigenvalue weighted by atomic mass is 32.2. The van der Waals surface area contributed by atoms with Gasteiger partial charge in [-0.2, -0.15) is 4.21 Å². The summed E-state index contributed by atoms with van der Waals surface area (Å²) >= 11 is -1.52. The highest BCUT2D eigenvalue weighted by Crippen LogP contribution is 1.94. The molecule has 0 aliphatic rings. The summed E-state index contributed by atoms with van der Waals surface area (Å²) in [5.41, 5.74) is 0. The molecule has 60 valence electrons. The molecule has 0 radical (unpaired) electrons. The van der Waals surface area contributed by atoms with Gasteiger partial charge in [0.2, 0.25) is 0 Å². The molecule has 0 aromatic rings. The lowest BCUT2D eigenvalue weighted by Gasteiger charge is -1.95. The number of carbonyl (C=O) groups is 1. The van der Waals surface area contributed by atoms with Crippen LogP contribution in [-0.2, 0) is 20.3 Å². The molecule has 1 unspecified atom stereocenters. The number of carbonyl (C=O) groups excluding carboxylic acids is 1. The molecule has 0 amide bonds. The van der Waals surface area contributed by atoms with Gasteiger partial charge in [0, 0.05) is 5.75 Å². The average molecular weight is 185 g/mol. The van der Waals surface area contributed by atoms with Gasteiger partial charge in [0.25, 0.3) is 0 Å². The zero-order valence-electron chi connectivity index (χ0n) is 4.98. The number of nitrogens with two attached hydrogens (primary N) is 1. The van der Waals surface area contributed by atoms with Crippen LogP contribution >= 0.6 is 11.9 Å². The van der Waals surface area contributed by atoms with Gasteiger partial charge < -0.3 is 4.18 Å². The second-order valence-corrected chi connectivity index (χ2v) is 2.64. The van der Waals surface area contributed by atoms with Crippen molar-refractivity contribution in [3.8, 4) is 0 Å². The van der Waals surface area contributed by atoms with E-state index in [1.54, 1.807) is 0 Å². The van der Waals surface area contributed by atoms with Gasteiger partial charge >= 0.3 is 17.3 Å². The molecule has 0 spiro atoms. The van der Waals surface area contributed by atoms with Gasteiger partial charge in [0.05, 0.1) is 6.42 Å². The van der Waals surface area contributed by atoms with E-state index in [0.717, 1.165) is 11.9 Å². The van der Waals surface area contributed by atoms with Crippen molar-refractivity contribution in [3.63, 3.8) is 0 Å². The van der Waals surface area contributed by atoms with Crippen molar-refractivity contribution in [1.29, 1.82) is 0 Å². The van der Waals surface area contributed by atoms with Crippen LogP contribution in [0.2, 0.25) is 0 Å². The van der Waals surface area contributed by atoms with E-state index >= 15 is 0 Å². The molecule has 1 atom stereocenters. The highest BCUT2D eigenvalue weighted by Gasteiger charge is 2.04. The van der Waals surface area contributed by atoms with E-state index in [1.807, 2.05) is 0 Å². The van der Waals surface area contributed by atoms with Gasteiger partial charge in [-0.15, -0.1) is 0 Å². The summed E-state index contributed by atoms with van der Waals surface area (Å²) in [4.78, 5) is 10.4. The van der Waals surface area contributed by atoms with Gasteiger partial charge in [-0.25, -0.2) is 0 Å². The summed E-state index contributed by atoms with van der Waals surface area (Å²) in [6.07, 6.45) is 0.0491. The van der Waals surface area contributed by atoms with E-state index in [2.05, 4.69) is 4.18 Å². The lowest BCUT2D eigenvalue weighted by atomic mass is 10.5. The maximum Gasteiger partial charge on any atom is 0.360 e. The van der Waals surface area contributed by atoms with Crippen LogP contribution in [0, 0.1) is 0 Å². The first-order chi connectivity index (χ1) is 4.66. The second-order valence-electron chi connectivity index (χ2n) is 1.29. The fourth-order valence-corrected chi connectivity index (χ4v) is 0.790. The largest absolute Gasteiger partial charge is 0.360 e. The van der Waals surface area contributed by atoms with Crippen LogP contribution in [-0.4, -0.2) is 20.5 Å². The first-order valence-corrected chi connectivity index (χ1v) is 4.38. The van der Waals surface area contributed by atoms with Crippen LogP contribution in [0.4, 0.5) is 0 Å². The molecular formula is C3H7NO4S2. The molecule has 7 heteroatoms. The Balaban J connectivity index is 3.35. The van der Waals surface area contributed by atoms with Crippen molar-refractivity contribution >= 4 is 29.3 Å². The maximum atomic E-state index is 10.4. The standard InChI is InChI=1S/C3H7NO4S2/c4-9-2-1-3(5)8-10(6)7/h1-2,4H2,(H,6,7). The minimum Gasteiger partial charge on any atom is -0.343 e. The van der Waals surface area contributed by atoms with Crippen molar-refractivity contribution in [1.82, 2.24) is 0 Å². The number of hydrogen-bond acceptors (Lipinski definition) is 5. The third-order valence-corrected chi connectivity index (χ3v) is 1.36. The highest BCUT2D eigenvalue weighted by molar-refractivity contribution is 7.97. The fraction of sp³-hybridized carbons (Fsp3) is 0.667. The molecule has 3 N–H and O–H groups in total. The van der Waals surface area contributed by atoms with E-state index in [1.165, 1.54) is 0 Å². The molecule has 0 aliphatic carbocycles. The Morgan fingerprint density at radius 3 is 2.80 bits per heavy atom. The van der Waals surface area contributed by atoms with Crippen LogP contribution in [0.1, 0.15) is 6.42 Å². The normalized spacial score (nSPS) is 12.6. The number of hydrogen-bond donors (Lipinski definition) is 2. The summed E-state index contributed by atoms with van der Waals surface area (Å²) in [6.45, 7) is 0. The van der Waals surface area contributed by atoms with Crippen LogP contribution in [0.15, 0.2) is 0 Å². The molecule has 0 heterocycles. The zero-order valence-corrected chi connectivity index (χ0v) is 6.61. The summed E-state index contributed by atoms with van der Waals surface area (Å²) < 4.78 is 21.7. The van der Waals surface area contributed by atoms with Crippen molar-refractivity contribution in [3.05, 3.63) is 0 Å². The summed E-state index contributed by atoms with van der Waals surface area (Å²) in [5, 5.41) is 4.98. The van der Waals surface area contributed by atoms with Gasteiger partial charge in [0.15, 0.2) is 0 Å². The summed E-state index contributed by atoms with van der Waals surface area (Å²) in [6, 6.07) is 0. The van der Waals surface area contributed by atoms with Crippen molar-refractivity contribution in [2.75, 3.05) is 5.75 Å². The van der Waals surface area contributed by atoms with Crippen LogP contribution < -0.4 is 5.14 Å².